The molecule has 0 aliphatic heterocycles. The van der Waals surface area contributed by atoms with Crippen LogP contribution in [0.4, 0.5) is 0 Å². The van der Waals surface area contributed by atoms with Gasteiger partial charge in [-0.1, -0.05) is 67.9 Å². The number of fused-ring (bicyclic) bond motifs is 1. The zero-order valence-corrected chi connectivity index (χ0v) is 13.4. The van der Waals surface area contributed by atoms with E-state index in [1.807, 2.05) is 0 Å². The maximum absolute atomic E-state index is 6.22. The fraction of sp³-hybridized carbons (Fsp3) is 0.368. The van der Waals surface area contributed by atoms with Crippen molar-refractivity contribution >= 4 is 11.6 Å². The van der Waals surface area contributed by atoms with Gasteiger partial charge in [0.25, 0.3) is 0 Å². The third kappa shape index (κ3) is 3.07. The lowest BCUT2D eigenvalue weighted by Crippen LogP contribution is -2.11. The van der Waals surface area contributed by atoms with E-state index in [9.17, 15) is 0 Å². The quantitative estimate of drug-likeness (QED) is 0.598. The van der Waals surface area contributed by atoms with Gasteiger partial charge in [0.15, 0.2) is 0 Å². The number of aryl methyl sites for hydroxylation is 1. The highest BCUT2D eigenvalue weighted by Crippen LogP contribution is 2.40. The highest BCUT2D eigenvalue weighted by atomic mass is 35.5. The molecule has 0 fully saturated rings. The minimum Gasteiger partial charge on any atom is -0.0976 e. The van der Waals surface area contributed by atoms with E-state index in [1.165, 1.54) is 22.3 Å². The first kappa shape index (κ1) is 15.1. The molecule has 0 amide bonds. The molecule has 0 nitrogen and oxygen atoms in total. The zero-order chi connectivity index (χ0) is 14.7. The summed E-state index contributed by atoms with van der Waals surface area (Å²) in [5.74, 6) is 0.965. The largest absolute Gasteiger partial charge is 0.0976 e. The molecule has 0 aromatic heterocycles. The highest BCUT2D eigenvalue weighted by molar-refractivity contribution is 6.31. The Bertz CT molecular complexity index is 561. The molecule has 1 aromatic carbocycles. The molecule has 1 heteroatoms. The standard InChI is InChI=1S/C19H23Cl/c1-5-16(20)12-18-14(4)10-11-15-8-6-7-9-17(15)19(18)13(2)3/h5-9,12-13,19H,1,10-11H2,2-4H3/b16-12+. The third-order valence-corrected chi connectivity index (χ3v) is 4.41. The maximum Gasteiger partial charge on any atom is 0.0403 e. The van der Waals surface area contributed by atoms with Gasteiger partial charge in [0.1, 0.15) is 0 Å². The molecule has 20 heavy (non-hydrogen) atoms. The topological polar surface area (TPSA) is 0 Å². The SMILES string of the molecule is C=C/C(Cl)=C\C1=C(C)CCc2ccccc2C1C(C)C. The number of rotatable bonds is 3. The van der Waals surface area contributed by atoms with Gasteiger partial charge in [-0.3, -0.25) is 0 Å². The molecular formula is C19H23Cl. The Balaban J connectivity index is 2.60. The van der Waals surface area contributed by atoms with E-state index < -0.39 is 0 Å². The fourth-order valence-electron chi connectivity index (χ4n) is 3.10. The molecule has 106 valence electrons. The van der Waals surface area contributed by atoms with Gasteiger partial charge >= 0.3 is 0 Å². The van der Waals surface area contributed by atoms with Crippen LogP contribution in [0, 0.1) is 5.92 Å². The average molecular weight is 287 g/mol. The van der Waals surface area contributed by atoms with E-state index in [4.69, 9.17) is 11.6 Å². The zero-order valence-electron chi connectivity index (χ0n) is 12.6. The van der Waals surface area contributed by atoms with Crippen LogP contribution in [0.3, 0.4) is 0 Å². The molecule has 0 radical (unpaired) electrons. The maximum atomic E-state index is 6.22. The van der Waals surface area contributed by atoms with Gasteiger partial charge in [0.05, 0.1) is 0 Å². The molecule has 0 bridgehead atoms. The van der Waals surface area contributed by atoms with E-state index in [-0.39, 0.29) is 0 Å². The molecule has 1 aliphatic rings. The van der Waals surface area contributed by atoms with E-state index in [1.54, 1.807) is 6.08 Å². The van der Waals surface area contributed by atoms with Crippen molar-refractivity contribution in [3.63, 3.8) is 0 Å². The molecule has 1 atom stereocenters. The first-order valence-electron chi connectivity index (χ1n) is 7.31. The van der Waals surface area contributed by atoms with Gasteiger partial charge in [-0.05, 0) is 48.5 Å². The molecule has 0 N–H and O–H groups in total. The second-order valence-electron chi connectivity index (χ2n) is 5.89. The van der Waals surface area contributed by atoms with E-state index in [2.05, 4.69) is 57.7 Å². The molecule has 1 aromatic rings. The van der Waals surface area contributed by atoms with Gasteiger partial charge in [-0.25, -0.2) is 0 Å². The van der Waals surface area contributed by atoms with E-state index >= 15 is 0 Å². The van der Waals surface area contributed by atoms with Crippen molar-refractivity contribution in [2.24, 2.45) is 5.92 Å². The average Bonchev–Trinajstić information content (AvgIpc) is 2.57. The predicted octanol–water partition coefficient (Wildman–Crippen LogP) is 6.00. The summed E-state index contributed by atoms with van der Waals surface area (Å²) in [4.78, 5) is 0. The van der Waals surface area contributed by atoms with E-state index in [0.717, 1.165) is 17.9 Å². The number of allylic oxidation sites excluding steroid dienone is 5. The van der Waals surface area contributed by atoms with E-state index in [0.29, 0.717) is 11.8 Å². The molecular weight excluding hydrogens is 264 g/mol. The summed E-state index contributed by atoms with van der Waals surface area (Å²) in [5, 5.41) is 0.726. The van der Waals surface area contributed by atoms with Gasteiger partial charge in [-0.2, -0.15) is 0 Å². The Kier molecular flexibility index (Phi) is 4.88. The number of hydrogen-bond acceptors (Lipinski definition) is 0. The van der Waals surface area contributed by atoms with Crippen LogP contribution in [0.15, 0.2) is 59.2 Å². The summed E-state index contributed by atoms with van der Waals surface area (Å²) in [6, 6.07) is 8.82. The normalized spacial score (nSPS) is 19.9. The second-order valence-corrected chi connectivity index (χ2v) is 6.33. The first-order valence-corrected chi connectivity index (χ1v) is 7.69. The smallest absolute Gasteiger partial charge is 0.0403 e. The number of hydrogen-bond donors (Lipinski definition) is 0. The lowest BCUT2D eigenvalue weighted by molar-refractivity contribution is 0.559. The summed E-state index contributed by atoms with van der Waals surface area (Å²) in [6.45, 7) is 10.6. The minimum absolute atomic E-state index is 0.419. The van der Waals surface area contributed by atoms with Gasteiger partial charge in [0, 0.05) is 11.0 Å². The Labute approximate surface area is 127 Å². The van der Waals surface area contributed by atoms with Crippen LogP contribution >= 0.6 is 11.6 Å². The van der Waals surface area contributed by atoms with Crippen molar-refractivity contribution in [2.45, 2.75) is 39.5 Å². The molecule has 0 saturated heterocycles. The Hall–Kier alpha value is -1.27. The van der Waals surface area contributed by atoms with Gasteiger partial charge in [0.2, 0.25) is 0 Å². The van der Waals surface area contributed by atoms with Crippen molar-refractivity contribution in [1.82, 2.24) is 0 Å². The molecule has 2 rings (SSSR count). The summed E-state index contributed by atoms with van der Waals surface area (Å²) >= 11 is 6.22. The van der Waals surface area contributed by atoms with Gasteiger partial charge < -0.3 is 0 Å². The first-order chi connectivity index (χ1) is 9.54. The molecule has 1 unspecified atom stereocenters. The summed E-state index contributed by atoms with van der Waals surface area (Å²) in [6.07, 6.45) is 6.05. The van der Waals surface area contributed by atoms with Crippen LogP contribution in [-0.4, -0.2) is 0 Å². The van der Waals surface area contributed by atoms with Crippen LogP contribution in [-0.2, 0) is 6.42 Å². The van der Waals surface area contributed by atoms with Crippen LogP contribution in [0.1, 0.15) is 44.2 Å². The third-order valence-electron chi connectivity index (χ3n) is 4.14. The molecule has 1 aliphatic carbocycles. The molecule has 0 saturated carbocycles. The number of halogens is 1. The number of benzene rings is 1. The van der Waals surface area contributed by atoms with Crippen molar-refractivity contribution in [1.29, 1.82) is 0 Å². The fourth-order valence-corrected chi connectivity index (χ4v) is 3.22. The molecule has 0 heterocycles. The van der Waals surface area contributed by atoms with Crippen LogP contribution in [0.5, 0.6) is 0 Å². The van der Waals surface area contributed by atoms with Crippen LogP contribution < -0.4 is 0 Å². The molecule has 0 spiro atoms. The highest BCUT2D eigenvalue weighted by Gasteiger charge is 2.25. The Morgan fingerprint density at radius 2 is 2.00 bits per heavy atom. The minimum atomic E-state index is 0.419. The Morgan fingerprint density at radius 1 is 1.30 bits per heavy atom. The summed E-state index contributed by atoms with van der Waals surface area (Å²) in [5.41, 5.74) is 5.75. The lowest BCUT2D eigenvalue weighted by Gasteiger charge is -2.25. The van der Waals surface area contributed by atoms with Crippen molar-refractivity contribution in [2.75, 3.05) is 0 Å². The summed E-state index contributed by atoms with van der Waals surface area (Å²) in [7, 11) is 0. The predicted molar refractivity (Wildman–Crippen MR) is 89.2 cm³/mol. The van der Waals surface area contributed by atoms with Crippen LogP contribution in [0.25, 0.3) is 0 Å². The van der Waals surface area contributed by atoms with Crippen molar-refractivity contribution < 1.29 is 0 Å². The Morgan fingerprint density at radius 3 is 2.65 bits per heavy atom. The van der Waals surface area contributed by atoms with Crippen LogP contribution in [0.2, 0.25) is 0 Å². The van der Waals surface area contributed by atoms with Crippen molar-refractivity contribution in [3.05, 3.63) is 70.3 Å². The van der Waals surface area contributed by atoms with Gasteiger partial charge in [-0.15, -0.1) is 0 Å². The monoisotopic (exact) mass is 286 g/mol. The summed E-state index contributed by atoms with van der Waals surface area (Å²) < 4.78 is 0. The second kappa shape index (κ2) is 6.45. The van der Waals surface area contributed by atoms with Crippen molar-refractivity contribution in [3.8, 4) is 0 Å². The lowest BCUT2D eigenvalue weighted by atomic mass is 9.80.